The third-order valence-electron chi connectivity index (χ3n) is 5.90. The van der Waals surface area contributed by atoms with Crippen molar-refractivity contribution in [1.29, 1.82) is 0 Å². The summed E-state index contributed by atoms with van der Waals surface area (Å²) < 4.78 is 0. The molecule has 0 bridgehead atoms. The van der Waals surface area contributed by atoms with Crippen molar-refractivity contribution < 1.29 is 10.2 Å². The van der Waals surface area contributed by atoms with E-state index in [1.54, 1.807) is 0 Å². The van der Waals surface area contributed by atoms with Crippen molar-refractivity contribution in [3.05, 3.63) is 71.8 Å². The molecule has 0 saturated carbocycles. The lowest BCUT2D eigenvalue weighted by Gasteiger charge is -2.10. The summed E-state index contributed by atoms with van der Waals surface area (Å²) in [6.07, 6.45) is 13.7. The molecule has 2 aromatic rings. The Hall–Kier alpha value is -1.29. The van der Waals surface area contributed by atoms with E-state index < -0.39 is 0 Å². The molecule has 31 heavy (non-hydrogen) atoms. The fraction of sp³-hybridized carbons (Fsp3) is 0.571. The molecule has 0 aliphatic rings. The van der Waals surface area contributed by atoms with Gasteiger partial charge >= 0.3 is 0 Å². The smallest absolute Gasteiger partial charge is 0.0790 e. The highest BCUT2D eigenvalue weighted by molar-refractivity contribution is 7.99. The highest BCUT2D eigenvalue weighted by Gasteiger charge is 2.06. The van der Waals surface area contributed by atoms with Crippen LogP contribution in [0.25, 0.3) is 0 Å². The van der Waals surface area contributed by atoms with Crippen molar-refractivity contribution in [3.63, 3.8) is 0 Å². The van der Waals surface area contributed by atoms with E-state index in [1.165, 1.54) is 62.9 Å². The Morgan fingerprint density at radius 2 is 0.839 bits per heavy atom. The number of unbranched alkanes of at least 4 members (excludes halogenated alkanes) is 8. The maximum absolute atomic E-state index is 10.2. The van der Waals surface area contributed by atoms with Crippen LogP contribution in [-0.2, 0) is 0 Å². The summed E-state index contributed by atoms with van der Waals surface area (Å²) in [6.45, 7) is 0. The lowest BCUT2D eigenvalue weighted by Crippen LogP contribution is -1.97. The Balaban J connectivity index is 1.29. The number of rotatable bonds is 18. The average Bonchev–Trinajstić information content (AvgIpc) is 2.82. The van der Waals surface area contributed by atoms with Crippen molar-refractivity contribution in [2.24, 2.45) is 0 Å². The maximum atomic E-state index is 10.2. The average molecular weight is 443 g/mol. The van der Waals surface area contributed by atoms with Crippen molar-refractivity contribution in [2.75, 3.05) is 11.5 Å². The van der Waals surface area contributed by atoms with Gasteiger partial charge in [-0.1, -0.05) is 112 Å². The minimum Gasteiger partial charge on any atom is -0.388 e. The van der Waals surface area contributed by atoms with Gasteiger partial charge in [-0.3, -0.25) is 0 Å². The van der Waals surface area contributed by atoms with Gasteiger partial charge in [0.1, 0.15) is 0 Å². The zero-order valence-corrected chi connectivity index (χ0v) is 19.9. The fourth-order valence-corrected chi connectivity index (χ4v) is 4.95. The summed E-state index contributed by atoms with van der Waals surface area (Å²) in [4.78, 5) is 0. The first-order chi connectivity index (χ1) is 15.3. The standard InChI is InChI=1S/C28H42O2S/c29-27(25-17-9-7-10-18-25)21-13-3-1-5-15-23-31-24-16-6-2-4-14-22-28(30)26-19-11-8-12-20-26/h7-12,17-20,27-30H,1-6,13-16,21-24H2. The molecule has 0 radical (unpaired) electrons. The number of benzene rings is 2. The van der Waals surface area contributed by atoms with E-state index in [-0.39, 0.29) is 12.2 Å². The first-order valence-corrected chi connectivity index (χ1v) is 13.5. The summed E-state index contributed by atoms with van der Waals surface area (Å²) in [5.41, 5.74) is 2.09. The van der Waals surface area contributed by atoms with Gasteiger partial charge in [-0.25, -0.2) is 0 Å². The lowest BCUT2D eigenvalue weighted by atomic mass is 10.0. The van der Waals surface area contributed by atoms with Gasteiger partial charge in [-0.2, -0.15) is 11.8 Å². The number of thioether (sulfide) groups is 1. The van der Waals surface area contributed by atoms with Gasteiger partial charge in [-0.15, -0.1) is 0 Å². The monoisotopic (exact) mass is 442 g/mol. The van der Waals surface area contributed by atoms with Crippen LogP contribution in [0, 0.1) is 0 Å². The normalized spacial score (nSPS) is 13.2. The van der Waals surface area contributed by atoms with Crippen LogP contribution in [0.1, 0.15) is 100 Å². The van der Waals surface area contributed by atoms with Gasteiger partial charge in [-0.05, 0) is 48.3 Å². The van der Waals surface area contributed by atoms with Crippen LogP contribution in [0.2, 0.25) is 0 Å². The van der Waals surface area contributed by atoms with E-state index in [2.05, 4.69) is 11.8 Å². The van der Waals surface area contributed by atoms with E-state index >= 15 is 0 Å². The topological polar surface area (TPSA) is 40.5 Å². The predicted octanol–water partition coefficient (Wildman–Crippen LogP) is 7.87. The van der Waals surface area contributed by atoms with Gasteiger partial charge in [0.15, 0.2) is 0 Å². The molecule has 0 amide bonds. The molecule has 172 valence electrons. The van der Waals surface area contributed by atoms with E-state index in [0.29, 0.717) is 0 Å². The summed E-state index contributed by atoms with van der Waals surface area (Å²) in [5, 5.41) is 20.3. The molecule has 0 fully saturated rings. The van der Waals surface area contributed by atoms with Gasteiger partial charge in [0.2, 0.25) is 0 Å². The molecular formula is C28H42O2S. The third kappa shape index (κ3) is 12.4. The van der Waals surface area contributed by atoms with Crippen LogP contribution in [0.3, 0.4) is 0 Å². The van der Waals surface area contributed by atoms with Crippen LogP contribution in [0.15, 0.2) is 60.7 Å². The Labute approximate surface area is 194 Å². The second-order valence-corrected chi connectivity index (χ2v) is 9.80. The van der Waals surface area contributed by atoms with Crippen molar-refractivity contribution in [1.82, 2.24) is 0 Å². The third-order valence-corrected chi connectivity index (χ3v) is 7.06. The zero-order valence-electron chi connectivity index (χ0n) is 19.1. The van der Waals surface area contributed by atoms with Crippen LogP contribution in [0.5, 0.6) is 0 Å². The second kappa shape index (κ2) is 17.3. The summed E-state index contributed by atoms with van der Waals surface area (Å²) in [5.74, 6) is 2.58. The first kappa shape index (κ1) is 26.0. The molecule has 0 saturated heterocycles. The van der Waals surface area contributed by atoms with Crippen LogP contribution < -0.4 is 0 Å². The van der Waals surface area contributed by atoms with Crippen LogP contribution >= 0.6 is 11.8 Å². The Bertz CT molecular complexity index is 589. The van der Waals surface area contributed by atoms with E-state index in [9.17, 15) is 10.2 Å². The Kier molecular flexibility index (Phi) is 14.5. The summed E-state index contributed by atoms with van der Waals surface area (Å²) >= 11 is 2.11. The second-order valence-electron chi connectivity index (χ2n) is 8.58. The van der Waals surface area contributed by atoms with Gasteiger partial charge < -0.3 is 10.2 Å². The summed E-state index contributed by atoms with van der Waals surface area (Å²) in [7, 11) is 0. The SMILES string of the molecule is OC(CCCCCCCSCCCCCCCC(O)c1ccccc1)c1ccccc1. The van der Waals surface area contributed by atoms with Crippen molar-refractivity contribution in [2.45, 2.75) is 89.3 Å². The van der Waals surface area contributed by atoms with Gasteiger partial charge in [0.25, 0.3) is 0 Å². The first-order valence-electron chi connectivity index (χ1n) is 12.3. The molecule has 2 N–H and O–H groups in total. The van der Waals surface area contributed by atoms with E-state index in [4.69, 9.17) is 0 Å². The molecule has 0 aliphatic heterocycles. The van der Waals surface area contributed by atoms with Crippen molar-refractivity contribution >= 4 is 11.8 Å². The molecule has 2 unspecified atom stereocenters. The minimum absolute atomic E-state index is 0.300. The maximum Gasteiger partial charge on any atom is 0.0790 e. The minimum atomic E-state index is -0.300. The Morgan fingerprint density at radius 1 is 0.484 bits per heavy atom. The quantitative estimate of drug-likeness (QED) is 0.231. The molecule has 2 aromatic carbocycles. The van der Waals surface area contributed by atoms with E-state index in [0.717, 1.165) is 36.8 Å². The number of hydrogen-bond acceptors (Lipinski definition) is 3. The molecule has 2 nitrogen and oxygen atoms in total. The van der Waals surface area contributed by atoms with Gasteiger partial charge in [0, 0.05) is 0 Å². The molecule has 0 heterocycles. The van der Waals surface area contributed by atoms with Crippen LogP contribution in [-0.4, -0.2) is 21.7 Å². The lowest BCUT2D eigenvalue weighted by molar-refractivity contribution is 0.163. The highest BCUT2D eigenvalue weighted by atomic mass is 32.2. The molecule has 0 aromatic heterocycles. The fourth-order valence-electron chi connectivity index (χ4n) is 3.93. The largest absolute Gasteiger partial charge is 0.388 e. The molecule has 0 spiro atoms. The molecule has 3 heteroatoms. The number of aliphatic hydroxyl groups is 2. The molecule has 2 rings (SSSR count). The van der Waals surface area contributed by atoms with Crippen LogP contribution in [0.4, 0.5) is 0 Å². The summed E-state index contributed by atoms with van der Waals surface area (Å²) in [6, 6.07) is 20.0. The zero-order chi connectivity index (χ0) is 22.0. The molecule has 0 aliphatic carbocycles. The number of hydrogen-bond donors (Lipinski definition) is 2. The van der Waals surface area contributed by atoms with Gasteiger partial charge in [0.05, 0.1) is 12.2 Å². The predicted molar refractivity (Wildman–Crippen MR) is 136 cm³/mol. The highest BCUT2D eigenvalue weighted by Crippen LogP contribution is 2.21. The van der Waals surface area contributed by atoms with Crippen molar-refractivity contribution in [3.8, 4) is 0 Å². The van der Waals surface area contributed by atoms with E-state index in [1.807, 2.05) is 60.7 Å². The molecular weight excluding hydrogens is 400 g/mol. The Morgan fingerprint density at radius 3 is 1.26 bits per heavy atom. The number of aliphatic hydroxyl groups excluding tert-OH is 2. The molecule has 2 atom stereocenters.